The Morgan fingerprint density at radius 2 is 1.53 bits per heavy atom. The Labute approximate surface area is 104 Å². The highest BCUT2D eigenvalue weighted by Gasteiger charge is 2.23. The molecule has 0 spiro atoms. The summed E-state index contributed by atoms with van der Waals surface area (Å²) < 4.78 is 23.6. The highest BCUT2D eigenvalue weighted by atomic mass is 32.2. The lowest BCUT2D eigenvalue weighted by atomic mass is 9.91. The van der Waals surface area contributed by atoms with Crippen molar-refractivity contribution in [1.29, 1.82) is 0 Å². The van der Waals surface area contributed by atoms with E-state index in [1.54, 1.807) is 0 Å². The van der Waals surface area contributed by atoms with E-state index in [1.165, 1.54) is 19.3 Å². The van der Waals surface area contributed by atoms with Gasteiger partial charge in [-0.3, -0.25) is 4.84 Å². The molecule has 0 radical (unpaired) electrons. The van der Waals surface area contributed by atoms with Crippen LogP contribution in [-0.4, -0.2) is 20.3 Å². The molecule has 0 saturated heterocycles. The van der Waals surface area contributed by atoms with Gasteiger partial charge in [-0.25, -0.2) is 8.42 Å². The van der Waals surface area contributed by atoms with Gasteiger partial charge in [0.2, 0.25) is 10.0 Å². The number of hydrogen-bond donors (Lipinski definition) is 1. The number of hydrogen-bond acceptors (Lipinski definition) is 3. The lowest BCUT2D eigenvalue weighted by molar-refractivity contribution is 0.0221. The van der Waals surface area contributed by atoms with Crippen LogP contribution >= 0.6 is 0 Å². The van der Waals surface area contributed by atoms with E-state index in [0.29, 0.717) is 5.92 Å². The van der Waals surface area contributed by atoms with Gasteiger partial charge < -0.3 is 0 Å². The summed E-state index contributed by atoms with van der Waals surface area (Å²) in [7, 11) is -3.24. The molecular formula is C12H23NO3S. The molecule has 5 heteroatoms. The summed E-state index contributed by atoms with van der Waals surface area (Å²) in [5.41, 5.74) is 0. The van der Waals surface area contributed by atoms with E-state index in [-0.39, 0.29) is 11.9 Å². The molecule has 0 amide bonds. The third kappa shape index (κ3) is 4.56. The van der Waals surface area contributed by atoms with E-state index in [2.05, 4.69) is 4.89 Å². The van der Waals surface area contributed by atoms with Gasteiger partial charge in [-0.05, 0) is 31.6 Å². The molecule has 0 atom stereocenters. The average Bonchev–Trinajstić information content (AvgIpc) is 2.80. The first-order chi connectivity index (χ1) is 8.16. The van der Waals surface area contributed by atoms with E-state index in [0.717, 1.165) is 38.5 Å². The van der Waals surface area contributed by atoms with Gasteiger partial charge in [0.25, 0.3) is 0 Å². The molecule has 0 aliphatic heterocycles. The summed E-state index contributed by atoms with van der Waals surface area (Å²) in [6, 6.07) is 0. The minimum atomic E-state index is -3.24. The van der Waals surface area contributed by atoms with Gasteiger partial charge in [0, 0.05) is 0 Å². The summed E-state index contributed by atoms with van der Waals surface area (Å²) in [6.45, 7) is 0. The lowest BCUT2D eigenvalue weighted by Gasteiger charge is -2.21. The van der Waals surface area contributed by atoms with Crippen molar-refractivity contribution in [3.8, 4) is 0 Å². The van der Waals surface area contributed by atoms with Gasteiger partial charge in [0.1, 0.15) is 0 Å². The van der Waals surface area contributed by atoms with Crippen molar-refractivity contribution in [2.75, 3.05) is 5.75 Å². The van der Waals surface area contributed by atoms with Crippen LogP contribution in [0.15, 0.2) is 0 Å². The molecule has 0 aromatic carbocycles. The fraction of sp³-hybridized carbons (Fsp3) is 1.00. The van der Waals surface area contributed by atoms with Crippen LogP contribution in [0.3, 0.4) is 0 Å². The lowest BCUT2D eigenvalue weighted by Crippen LogP contribution is -2.33. The second kappa shape index (κ2) is 6.16. The van der Waals surface area contributed by atoms with Gasteiger partial charge in [0.05, 0.1) is 11.9 Å². The molecule has 2 aliphatic carbocycles. The van der Waals surface area contributed by atoms with Gasteiger partial charge in [-0.15, -0.1) is 0 Å². The second-order valence-corrected chi connectivity index (χ2v) is 7.12. The zero-order valence-electron chi connectivity index (χ0n) is 10.4. The van der Waals surface area contributed by atoms with Gasteiger partial charge >= 0.3 is 0 Å². The number of rotatable bonds is 5. The quantitative estimate of drug-likeness (QED) is 0.773. The molecule has 1 N–H and O–H groups in total. The summed E-state index contributed by atoms with van der Waals surface area (Å²) in [4.78, 5) is 7.59. The van der Waals surface area contributed by atoms with Crippen molar-refractivity contribution in [3.63, 3.8) is 0 Å². The molecular weight excluding hydrogens is 238 g/mol. The topological polar surface area (TPSA) is 55.4 Å². The highest BCUT2D eigenvalue weighted by molar-refractivity contribution is 7.89. The van der Waals surface area contributed by atoms with Crippen molar-refractivity contribution in [1.82, 2.24) is 4.89 Å². The average molecular weight is 261 g/mol. The summed E-state index contributed by atoms with van der Waals surface area (Å²) in [5.74, 6) is 0.563. The Balaban J connectivity index is 1.73. The fourth-order valence-electron chi connectivity index (χ4n) is 2.85. The summed E-state index contributed by atoms with van der Waals surface area (Å²) >= 11 is 0. The first kappa shape index (κ1) is 13.3. The zero-order chi connectivity index (χ0) is 12.1. The predicted octanol–water partition coefficient (Wildman–Crippen LogP) is 2.36. The summed E-state index contributed by atoms with van der Waals surface area (Å²) in [6.07, 6.45) is 10.0. The Morgan fingerprint density at radius 1 is 0.941 bits per heavy atom. The minimum Gasteiger partial charge on any atom is -0.284 e. The number of nitrogens with one attached hydrogen (secondary N) is 1. The van der Waals surface area contributed by atoms with Crippen molar-refractivity contribution in [2.45, 2.75) is 63.9 Å². The molecule has 2 saturated carbocycles. The Kier molecular flexibility index (Phi) is 4.82. The van der Waals surface area contributed by atoms with Crippen LogP contribution in [0.5, 0.6) is 0 Å². The second-order valence-electron chi connectivity index (χ2n) is 5.39. The Morgan fingerprint density at radius 3 is 2.18 bits per heavy atom. The van der Waals surface area contributed by atoms with Crippen LogP contribution in [0.4, 0.5) is 0 Å². The normalized spacial score (nSPS) is 24.2. The molecule has 0 unspecified atom stereocenters. The third-order valence-electron chi connectivity index (χ3n) is 3.82. The number of sulfonamides is 1. The molecule has 17 heavy (non-hydrogen) atoms. The van der Waals surface area contributed by atoms with Crippen molar-refractivity contribution in [3.05, 3.63) is 0 Å². The third-order valence-corrected chi connectivity index (χ3v) is 5.08. The Bertz CT molecular complexity index is 317. The minimum absolute atomic E-state index is 0.0936. The first-order valence-corrected chi connectivity index (χ1v) is 8.46. The maximum Gasteiger partial charge on any atom is 0.233 e. The molecule has 0 heterocycles. The Hall–Kier alpha value is -0.130. The predicted molar refractivity (Wildman–Crippen MR) is 66.8 cm³/mol. The van der Waals surface area contributed by atoms with E-state index in [9.17, 15) is 8.42 Å². The first-order valence-electron chi connectivity index (χ1n) is 6.81. The van der Waals surface area contributed by atoms with Crippen LogP contribution in [0.25, 0.3) is 0 Å². The SMILES string of the molecule is O=S(=O)(CC1CCCCC1)NOC1CCCC1. The molecule has 0 bridgehead atoms. The maximum absolute atomic E-state index is 11.8. The largest absolute Gasteiger partial charge is 0.284 e. The van der Waals surface area contributed by atoms with Crippen molar-refractivity contribution >= 4 is 10.0 Å². The van der Waals surface area contributed by atoms with Crippen LogP contribution in [0.2, 0.25) is 0 Å². The molecule has 100 valence electrons. The van der Waals surface area contributed by atoms with Crippen LogP contribution in [0.1, 0.15) is 57.8 Å². The monoisotopic (exact) mass is 261 g/mol. The smallest absolute Gasteiger partial charge is 0.233 e. The van der Waals surface area contributed by atoms with E-state index in [4.69, 9.17) is 4.84 Å². The van der Waals surface area contributed by atoms with E-state index >= 15 is 0 Å². The van der Waals surface area contributed by atoms with Gasteiger partial charge in [-0.2, -0.15) is 0 Å². The molecule has 4 nitrogen and oxygen atoms in total. The zero-order valence-corrected chi connectivity index (χ0v) is 11.2. The maximum atomic E-state index is 11.8. The highest BCUT2D eigenvalue weighted by Crippen LogP contribution is 2.25. The standard InChI is InChI=1S/C12H23NO3S/c14-17(15,10-11-6-2-1-3-7-11)13-16-12-8-4-5-9-12/h11-13H,1-10H2. The van der Waals surface area contributed by atoms with Gasteiger partial charge in [0.15, 0.2) is 0 Å². The summed E-state index contributed by atoms with van der Waals surface area (Å²) in [5, 5.41) is 0. The molecule has 2 aliphatic rings. The molecule has 0 aromatic rings. The van der Waals surface area contributed by atoms with Crippen LogP contribution < -0.4 is 4.89 Å². The van der Waals surface area contributed by atoms with Crippen molar-refractivity contribution < 1.29 is 13.3 Å². The van der Waals surface area contributed by atoms with Crippen molar-refractivity contribution in [2.24, 2.45) is 5.92 Å². The molecule has 2 rings (SSSR count). The van der Waals surface area contributed by atoms with Crippen LogP contribution in [0, 0.1) is 5.92 Å². The van der Waals surface area contributed by atoms with E-state index in [1.807, 2.05) is 0 Å². The molecule has 2 fully saturated rings. The van der Waals surface area contributed by atoms with E-state index < -0.39 is 10.0 Å². The molecule has 0 aromatic heterocycles. The van der Waals surface area contributed by atoms with Crippen LogP contribution in [-0.2, 0) is 14.9 Å². The van der Waals surface area contributed by atoms with Gasteiger partial charge in [-0.1, -0.05) is 37.0 Å². The fourth-order valence-corrected chi connectivity index (χ4v) is 4.15.